The molecule has 18 heavy (non-hydrogen) atoms. The number of morpholine rings is 1. The third kappa shape index (κ3) is 3.98. The third-order valence-corrected chi connectivity index (χ3v) is 3.20. The summed E-state index contributed by atoms with van der Waals surface area (Å²) >= 11 is 0. The van der Waals surface area contributed by atoms with Crippen molar-refractivity contribution < 1.29 is 4.74 Å². The Morgan fingerprint density at radius 3 is 2.56 bits per heavy atom. The molecule has 0 saturated carbocycles. The third-order valence-electron chi connectivity index (χ3n) is 3.20. The van der Waals surface area contributed by atoms with Crippen LogP contribution in [-0.4, -0.2) is 39.4 Å². The predicted octanol–water partition coefficient (Wildman–Crippen LogP) is 0.962. The first-order valence-electron chi connectivity index (χ1n) is 6.72. The number of hydrogen-bond donors (Lipinski definition) is 2. The lowest BCUT2D eigenvalue weighted by Crippen LogP contribution is -2.36. The van der Waals surface area contributed by atoms with Crippen LogP contribution in [0.1, 0.15) is 12.0 Å². The molecule has 0 bridgehead atoms. The van der Waals surface area contributed by atoms with Crippen LogP contribution in [0.3, 0.4) is 0 Å². The summed E-state index contributed by atoms with van der Waals surface area (Å²) in [6, 6.07) is 8.79. The number of ether oxygens (including phenoxy) is 1. The van der Waals surface area contributed by atoms with E-state index < -0.39 is 0 Å². The van der Waals surface area contributed by atoms with Gasteiger partial charge in [-0.3, -0.25) is 0 Å². The molecule has 1 aliphatic rings. The number of nitrogens with one attached hydrogen (secondary N) is 1. The minimum Gasteiger partial charge on any atom is -0.378 e. The molecule has 0 aromatic heterocycles. The maximum Gasteiger partial charge on any atom is 0.0642 e. The van der Waals surface area contributed by atoms with Gasteiger partial charge in [-0.15, -0.1) is 0 Å². The van der Waals surface area contributed by atoms with E-state index in [0.29, 0.717) is 0 Å². The van der Waals surface area contributed by atoms with E-state index in [-0.39, 0.29) is 0 Å². The monoisotopic (exact) mass is 249 g/mol. The predicted molar refractivity (Wildman–Crippen MR) is 74.9 cm³/mol. The van der Waals surface area contributed by atoms with Crippen molar-refractivity contribution in [3.63, 3.8) is 0 Å². The zero-order chi connectivity index (χ0) is 12.6. The molecule has 4 heteroatoms. The van der Waals surface area contributed by atoms with E-state index in [1.165, 1.54) is 11.3 Å². The smallest absolute Gasteiger partial charge is 0.0642 e. The van der Waals surface area contributed by atoms with Gasteiger partial charge in [0.25, 0.3) is 0 Å². The molecule has 0 spiro atoms. The van der Waals surface area contributed by atoms with Crippen LogP contribution in [0, 0.1) is 0 Å². The van der Waals surface area contributed by atoms with E-state index >= 15 is 0 Å². The van der Waals surface area contributed by atoms with Crippen LogP contribution in [0.2, 0.25) is 0 Å². The minimum atomic E-state index is 0.753. The zero-order valence-corrected chi connectivity index (χ0v) is 10.9. The number of nitrogens with zero attached hydrogens (tertiary/aromatic N) is 1. The molecule has 1 saturated heterocycles. The average molecular weight is 249 g/mol. The van der Waals surface area contributed by atoms with Crippen LogP contribution in [0.15, 0.2) is 24.3 Å². The van der Waals surface area contributed by atoms with Gasteiger partial charge >= 0.3 is 0 Å². The Morgan fingerprint density at radius 2 is 1.89 bits per heavy atom. The summed E-state index contributed by atoms with van der Waals surface area (Å²) in [6.45, 7) is 6.32. The molecular weight excluding hydrogens is 226 g/mol. The van der Waals surface area contributed by atoms with E-state index in [1.807, 2.05) is 0 Å². The van der Waals surface area contributed by atoms with Crippen LogP contribution in [0.4, 0.5) is 5.69 Å². The van der Waals surface area contributed by atoms with Crippen molar-refractivity contribution in [3.05, 3.63) is 29.8 Å². The highest BCUT2D eigenvalue weighted by Crippen LogP contribution is 2.16. The maximum atomic E-state index is 5.45. The molecule has 2 rings (SSSR count). The van der Waals surface area contributed by atoms with E-state index in [4.69, 9.17) is 10.5 Å². The molecule has 1 aromatic carbocycles. The van der Waals surface area contributed by atoms with Crippen LogP contribution >= 0.6 is 0 Å². The molecule has 1 aliphatic heterocycles. The van der Waals surface area contributed by atoms with Gasteiger partial charge in [0, 0.05) is 25.3 Å². The van der Waals surface area contributed by atoms with Gasteiger partial charge in [-0.25, -0.2) is 0 Å². The molecule has 0 amide bonds. The largest absolute Gasteiger partial charge is 0.378 e. The van der Waals surface area contributed by atoms with Gasteiger partial charge in [0.2, 0.25) is 0 Å². The number of hydrogen-bond acceptors (Lipinski definition) is 4. The van der Waals surface area contributed by atoms with Gasteiger partial charge in [0.05, 0.1) is 13.2 Å². The second-order valence-corrected chi connectivity index (χ2v) is 4.58. The number of rotatable bonds is 6. The summed E-state index contributed by atoms with van der Waals surface area (Å²) in [5, 5.41) is 3.39. The Kier molecular flexibility index (Phi) is 5.45. The van der Waals surface area contributed by atoms with Crippen molar-refractivity contribution in [2.24, 2.45) is 5.73 Å². The summed E-state index contributed by atoms with van der Waals surface area (Å²) in [7, 11) is 0. The van der Waals surface area contributed by atoms with Gasteiger partial charge in [-0.2, -0.15) is 0 Å². The fourth-order valence-corrected chi connectivity index (χ4v) is 2.11. The second kappa shape index (κ2) is 7.36. The van der Waals surface area contributed by atoms with Crippen molar-refractivity contribution in [2.75, 3.05) is 44.3 Å². The lowest BCUT2D eigenvalue weighted by Gasteiger charge is -2.28. The lowest BCUT2D eigenvalue weighted by atomic mass is 10.2. The summed E-state index contributed by atoms with van der Waals surface area (Å²) in [4.78, 5) is 2.37. The fraction of sp³-hybridized carbons (Fsp3) is 0.571. The summed E-state index contributed by atoms with van der Waals surface area (Å²) in [5.41, 5.74) is 8.07. The Balaban J connectivity index is 1.81. The van der Waals surface area contributed by atoms with Gasteiger partial charge < -0.3 is 20.7 Å². The van der Waals surface area contributed by atoms with Crippen LogP contribution in [0.5, 0.6) is 0 Å². The molecule has 1 aromatic rings. The first kappa shape index (κ1) is 13.3. The average Bonchev–Trinajstić information content (AvgIpc) is 2.45. The molecule has 4 nitrogen and oxygen atoms in total. The van der Waals surface area contributed by atoms with Crippen LogP contribution < -0.4 is 16.0 Å². The van der Waals surface area contributed by atoms with Gasteiger partial charge in [-0.05, 0) is 37.2 Å². The quantitative estimate of drug-likeness (QED) is 0.737. The fourth-order valence-electron chi connectivity index (χ4n) is 2.11. The second-order valence-electron chi connectivity index (χ2n) is 4.58. The van der Waals surface area contributed by atoms with E-state index in [2.05, 4.69) is 34.5 Å². The standard InChI is InChI=1S/C14H23N3O/c15-6-1-7-16-12-13-2-4-14(5-3-13)17-8-10-18-11-9-17/h2-5,16H,1,6-12,15H2. The van der Waals surface area contributed by atoms with E-state index in [1.54, 1.807) is 0 Å². The Hall–Kier alpha value is -1.10. The molecule has 0 atom stereocenters. The van der Waals surface area contributed by atoms with Crippen molar-refractivity contribution in [2.45, 2.75) is 13.0 Å². The maximum absolute atomic E-state index is 5.45. The molecule has 1 heterocycles. The first-order valence-corrected chi connectivity index (χ1v) is 6.72. The minimum absolute atomic E-state index is 0.753. The highest BCUT2D eigenvalue weighted by atomic mass is 16.5. The molecular formula is C14H23N3O. The van der Waals surface area contributed by atoms with Gasteiger partial charge in [0.1, 0.15) is 0 Å². The lowest BCUT2D eigenvalue weighted by molar-refractivity contribution is 0.122. The highest BCUT2D eigenvalue weighted by Gasteiger charge is 2.10. The van der Waals surface area contributed by atoms with Gasteiger partial charge in [0.15, 0.2) is 0 Å². The number of anilines is 1. The summed E-state index contributed by atoms with van der Waals surface area (Å²) < 4.78 is 5.36. The first-order chi connectivity index (χ1) is 8.90. The summed E-state index contributed by atoms with van der Waals surface area (Å²) in [6.07, 6.45) is 1.03. The van der Waals surface area contributed by atoms with Crippen molar-refractivity contribution >= 4 is 5.69 Å². The molecule has 100 valence electrons. The van der Waals surface area contributed by atoms with Crippen molar-refractivity contribution in [1.29, 1.82) is 0 Å². The molecule has 0 radical (unpaired) electrons. The van der Waals surface area contributed by atoms with E-state index in [9.17, 15) is 0 Å². The summed E-state index contributed by atoms with van der Waals surface area (Å²) in [5.74, 6) is 0. The SMILES string of the molecule is NCCCNCc1ccc(N2CCOCC2)cc1. The molecule has 1 fully saturated rings. The Bertz CT molecular complexity index is 333. The Labute approximate surface area is 109 Å². The van der Waals surface area contributed by atoms with Gasteiger partial charge in [-0.1, -0.05) is 12.1 Å². The zero-order valence-electron chi connectivity index (χ0n) is 10.9. The van der Waals surface area contributed by atoms with E-state index in [0.717, 1.165) is 52.4 Å². The number of nitrogens with two attached hydrogens (primary N) is 1. The molecule has 0 aliphatic carbocycles. The van der Waals surface area contributed by atoms with Crippen molar-refractivity contribution in [3.8, 4) is 0 Å². The normalized spacial score (nSPS) is 15.9. The van der Waals surface area contributed by atoms with Crippen LogP contribution in [-0.2, 0) is 11.3 Å². The van der Waals surface area contributed by atoms with Crippen LogP contribution in [0.25, 0.3) is 0 Å². The highest BCUT2D eigenvalue weighted by molar-refractivity contribution is 5.47. The molecule has 0 unspecified atom stereocenters. The van der Waals surface area contributed by atoms with Crippen molar-refractivity contribution in [1.82, 2.24) is 5.32 Å². The Morgan fingerprint density at radius 1 is 1.17 bits per heavy atom. The molecule has 3 N–H and O–H groups in total. The number of benzene rings is 1. The topological polar surface area (TPSA) is 50.5 Å².